The van der Waals surface area contributed by atoms with Crippen molar-refractivity contribution in [2.45, 2.75) is 19.8 Å². The van der Waals surface area contributed by atoms with Gasteiger partial charge in [0.05, 0.1) is 19.1 Å². The second-order valence-electron chi connectivity index (χ2n) is 2.20. The fourth-order valence-corrected chi connectivity index (χ4v) is 0.655. The first kappa shape index (κ1) is 10.9. The zero-order valence-electron chi connectivity index (χ0n) is 7.30. The minimum absolute atomic E-state index is 0.0568. The second-order valence-corrected chi connectivity index (χ2v) is 2.20. The first-order chi connectivity index (χ1) is 5.81. The van der Waals surface area contributed by atoms with Gasteiger partial charge in [0.15, 0.2) is 0 Å². The Morgan fingerprint density at radius 1 is 1.67 bits per heavy atom. The molecule has 12 heavy (non-hydrogen) atoms. The molecule has 0 rings (SSSR count). The van der Waals surface area contributed by atoms with Gasteiger partial charge >= 0.3 is 0 Å². The van der Waals surface area contributed by atoms with Crippen molar-refractivity contribution in [3.8, 4) is 6.07 Å². The van der Waals surface area contributed by atoms with Crippen LogP contribution in [-0.2, 0) is 9.53 Å². The highest BCUT2D eigenvalue weighted by Crippen LogP contribution is 1.82. The number of carbonyl (C=O) groups excluding carboxylic acids is 1. The molecule has 1 amide bonds. The molecule has 0 aliphatic carbocycles. The van der Waals surface area contributed by atoms with E-state index in [-0.39, 0.29) is 5.91 Å². The summed E-state index contributed by atoms with van der Waals surface area (Å²) in [6.07, 6.45) is 0.736. The average molecular weight is 170 g/mol. The molecule has 4 heteroatoms. The van der Waals surface area contributed by atoms with Crippen molar-refractivity contribution in [1.29, 1.82) is 5.26 Å². The number of hydrogen-bond donors (Lipinski definition) is 1. The van der Waals surface area contributed by atoms with Gasteiger partial charge in [0.1, 0.15) is 0 Å². The summed E-state index contributed by atoms with van der Waals surface area (Å²) in [5.41, 5.74) is 0. The summed E-state index contributed by atoms with van der Waals surface area (Å²) < 4.78 is 4.98. The summed E-state index contributed by atoms with van der Waals surface area (Å²) in [4.78, 5) is 10.9. The number of rotatable bonds is 6. The monoisotopic (exact) mass is 170 g/mol. The summed E-state index contributed by atoms with van der Waals surface area (Å²) in [6, 6.07) is 1.94. The molecular formula is C8H14N2O2. The molecule has 0 aliphatic heterocycles. The van der Waals surface area contributed by atoms with Gasteiger partial charge in [-0.15, -0.1) is 0 Å². The molecular weight excluding hydrogens is 156 g/mol. The van der Waals surface area contributed by atoms with Crippen molar-refractivity contribution >= 4 is 5.91 Å². The van der Waals surface area contributed by atoms with Gasteiger partial charge in [-0.1, -0.05) is 0 Å². The lowest BCUT2D eigenvalue weighted by molar-refractivity contribution is -0.122. The average Bonchev–Trinajstić information content (AvgIpc) is 2.06. The largest absolute Gasteiger partial charge is 0.381 e. The summed E-state index contributed by atoms with van der Waals surface area (Å²) in [6.45, 7) is 3.40. The Labute approximate surface area is 72.5 Å². The summed E-state index contributed by atoms with van der Waals surface area (Å²) in [7, 11) is 0. The Kier molecular flexibility index (Phi) is 7.30. The molecule has 68 valence electrons. The molecule has 0 saturated heterocycles. The maximum atomic E-state index is 10.9. The minimum atomic E-state index is -0.0568. The lowest BCUT2D eigenvalue weighted by atomic mass is 10.4. The van der Waals surface area contributed by atoms with Gasteiger partial charge in [0.2, 0.25) is 5.91 Å². The molecule has 0 bridgehead atoms. The topological polar surface area (TPSA) is 62.1 Å². The van der Waals surface area contributed by atoms with Crippen LogP contribution in [0.5, 0.6) is 0 Å². The van der Waals surface area contributed by atoms with Gasteiger partial charge in [-0.2, -0.15) is 5.26 Å². The van der Waals surface area contributed by atoms with Gasteiger partial charge in [-0.05, 0) is 6.92 Å². The van der Waals surface area contributed by atoms with E-state index < -0.39 is 0 Å². The van der Waals surface area contributed by atoms with Gasteiger partial charge in [0, 0.05) is 19.6 Å². The number of amides is 1. The van der Waals surface area contributed by atoms with Crippen LogP contribution in [0.1, 0.15) is 19.8 Å². The Morgan fingerprint density at radius 2 is 2.42 bits per heavy atom. The third-order valence-corrected chi connectivity index (χ3v) is 1.24. The van der Waals surface area contributed by atoms with Crippen molar-refractivity contribution in [2.24, 2.45) is 0 Å². The van der Waals surface area contributed by atoms with Crippen LogP contribution in [0, 0.1) is 11.3 Å². The smallest absolute Gasteiger partial charge is 0.222 e. The van der Waals surface area contributed by atoms with E-state index >= 15 is 0 Å². The number of nitrogens with zero attached hydrogens (tertiary/aromatic N) is 1. The minimum Gasteiger partial charge on any atom is -0.381 e. The molecule has 0 heterocycles. The van der Waals surface area contributed by atoms with E-state index in [9.17, 15) is 4.79 Å². The molecule has 0 radical (unpaired) electrons. The van der Waals surface area contributed by atoms with E-state index in [0.717, 1.165) is 0 Å². The second kappa shape index (κ2) is 8.02. The third kappa shape index (κ3) is 7.03. The van der Waals surface area contributed by atoms with E-state index in [0.29, 0.717) is 32.6 Å². The standard InChI is InChI=1S/C8H14N2O2/c1-2-12-7-4-8(11)10-6-3-5-9/h2-4,6-7H2,1H3,(H,10,11). The lowest BCUT2D eigenvalue weighted by Crippen LogP contribution is -2.25. The first-order valence-corrected chi connectivity index (χ1v) is 4.02. The normalized spacial score (nSPS) is 9.00. The number of ether oxygens (including phenoxy) is 1. The van der Waals surface area contributed by atoms with Crippen molar-refractivity contribution < 1.29 is 9.53 Å². The van der Waals surface area contributed by atoms with Gasteiger partial charge in [-0.3, -0.25) is 4.79 Å². The van der Waals surface area contributed by atoms with Gasteiger partial charge < -0.3 is 10.1 Å². The Morgan fingerprint density at radius 3 is 3.00 bits per heavy atom. The highest BCUT2D eigenvalue weighted by atomic mass is 16.5. The van der Waals surface area contributed by atoms with Crippen LogP contribution in [-0.4, -0.2) is 25.7 Å². The molecule has 0 aromatic rings. The first-order valence-electron chi connectivity index (χ1n) is 4.02. The Balaban J connectivity index is 3.17. The summed E-state index contributed by atoms with van der Waals surface area (Å²) in [5, 5.41) is 10.8. The third-order valence-electron chi connectivity index (χ3n) is 1.24. The molecule has 0 aliphatic rings. The fourth-order valence-electron chi connectivity index (χ4n) is 0.655. The lowest BCUT2D eigenvalue weighted by Gasteiger charge is -2.01. The van der Waals surface area contributed by atoms with Crippen molar-refractivity contribution in [1.82, 2.24) is 5.32 Å². The van der Waals surface area contributed by atoms with E-state index in [2.05, 4.69) is 5.32 Å². The Hall–Kier alpha value is -1.08. The fraction of sp³-hybridized carbons (Fsp3) is 0.750. The van der Waals surface area contributed by atoms with Gasteiger partial charge in [0.25, 0.3) is 0 Å². The van der Waals surface area contributed by atoms with Crippen LogP contribution in [0.25, 0.3) is 0 Å². The molecule has 0 aromatic carbocycles. The van der Waals surface area contributed by atoms with Crippen molar-refractivity contribution in [2.75, 3.05) is 19.8 Å². The predicted molar refractivity (Wildman–Crippen MR) is 44.3 cm³/mol. The molecule has 0 spiro atoms. The molecule has 0 saturated carbocycles. The molecule has 0 unspecified atom stereocenters. The van der Waals surface area contributed by atoms with E-state index in [4.69, 9.17) is 10.00 Å². The van der Waals surface area contributed by atoms with E-state index in [1.165, 1.54) is 0 Å². The van der Waals surface area contributed by atoms with Crippen LogP contribution < -0.4 is 5.32 Å². The van der Waals surface area contributed by atoms with Gasteiger partial charge in [-0.25, -0.2) is 0 Å². The summed E-state index contributed by atoms with van der Waals surface area (Å²) in [5.74, 6) is -0.0568. The molecule has 1 N–H and O–H groups in total. The van der Waals surface area contributed by atoms with Crippen LogP contribution in [0.15, 0.2) is 0 Å². The van der Waals surface area contributed by atoms with Crippen LogP contribution in [0.3, 0.4) is 0 Å². The highest BCUT2D eigenvalue weighted by Gasteiger charge is 1.98. The maximum Gasteiger partial charge on any atom is 0.222 e. The number of nitriles is 1. The van der Waals surface area contributed by atoms with Crippen LogP contribution in [0.2, 0.25) is 0 Å². The molecule has 4 nitrogen and oxygen atoms in total. The predicted octanol–water partition coefficient (Wildman–Crippen LogP) is 0.443. The highest BCUT2D eigenvalue weighted by molar-refractivity contribution is 5.75. The number of carbonyl (C=O) groups is 1. The molecule has 0 fully saturated rings. The quantitative estimate of drug-likeness (QED) is 0.588. The summed E-state index contributed by atoms with van der Waals surface area (Å²) >= 11 is 0. The SMILES string of the molecule is CCOCCC(=O)NCCC#N. The van der Waals surface area contributed by atoms with Crippen molar-refractivity contribution in [3.05, 3.63) is 0 Å². The van der Waals surface area contributed by atoms with E-state index in [1.807, 2.05) is 13.0 Å². The zero-order chi connectivity index (χ0) is 9.23. The number of hydrogen-bond acceptors (Lipinski definition) is 3. The van der Waals surface area contributed by atoms with E-state index in [1.54, 1.807) is 0 Å². The maximum absolute atomic E-state index is 10.9. The zero-order valence-corrected chi connectivity index (χ0v) is 7.30. The van der Waals surface area contributed by atoms with Crippen molar-refractivity contribution in [3.63, 3.8) is 0 Å². The van der Waals surface area contributed by atoms with Crippen LogP contribution in [0.4, 0.5) is 0 Å². The molecule has 0 aromatic heterocycles. The van der Waals surface area contributed by atoms with Crippen LogP contribution >= 0.6 is 0 Å². The molecule has 0 atom stereocenters. The number of nitrogens with one attached hydrogen (secondary N) is 1. The Bertz CT molecular complexity index is 163.